The molecule has 0 heterocycles. The SMILES string of the molecule is COc1ccc(CO[C@@H]2[C@@H](OCc3ccccc3)[C@@H](OCc3ccc(Cl)cc3)[C@H](OCc3ccccc3)[C@H](O)[C@@H]2OCc2ccccc2)cc1. The standard InChI is InChI=1S/C42H43ClO7/c1-45-36-23-19-34(20-24-36)29-49-41-39(47-26-31-13-7-3-8-14-31)37(44)38(46-25-30-11-5-2-6-12-30)40(48-28-33-17-21-35(43)22-18-33)42(41)50-27-32-15-9-4-10-16-32/h2-24,37-42,44H,25-29H2,1H3/t37-,38+,39-,40-,41-,42-/m0/s1. The van der Waals surface area contributed by atoms with Gasteiger partial charge in [0.1, 0.15) is 42.4 Å². The van der Waals surface area contributed by atoms with Crippen LogP contribution in [0.25, 0.3) is 0 Å². The van der Waals surface area contributed by atoms with Gasteiger partial charge < -0.3 is 33.5 Å². The second-order valence-corrected chi connectivity index (χ2v) is 12.7. The Balaban J connectivity index is 1.35. The zero-order chi connectivity index (χ0) is 34.5. The predicted octanol–water partition coefficient (Wildman–Crippen LogP) is 7.95. The fourth-order valence-corrected chi connectivity index (χ4v) is 6.21. The van der Waals surface area contributed by atoms with Crippen LogP contribution in [-0.4, -0.2) is 48.8 Å². The third-order valence-corrected chi connectivity index (χ3v) is 9.03. The van der Waals surface area contributed by atoms with Gasteiger partial charge in [-0.2, -0.15) is 0 Å². The first-order valence-corrected chi connectivity index (χ1v) is 17.2. The molecule has 8 heteroatoms. The zero-order valence-corrected chi connectivity index (χ0v) is 28.8. The van der Waals surface area contributed by atoms with E-state index in [0.717, 1.165) is 33.6 Å². The highest BCUT2D eigenvalue weighted by Crippen LogP contribution is 2.35. The number of aliphatic hydroxyl groups excluding tert-OH is 1. The number of hydrogen-bond donors (Lipinski definition) is 1. The molecule has 0 amide bonds. The zero-order valence-electron chi connectivity index (χ0n) is 28.1. The van der Waals surface area contributed by atoms with Gasteiger partial charge in [0.05, 0.1) is 40.1 Å². The average Bonchev–Trinajstić information content (AvgIpc) is 3.17. The van der Waals surface area contributed by atoms with Gasteiger partial charge in [0, 0.05) is 5.02 Å². The molecule has 0 bridgehead atoms. The van der Waals surface area contributed by atoms with Crippen LogP contribution in [0.15, 0.2) is 140 Å². The van der Waals surface area contributed by atoms with Crippen molar-refractivity contribution >= 4 is 11.6 Å². The van der Waals surface area contributed by atoms with Gasteiger partial charge in [-0.3, -0.25) is 0 Å². The molecule has 5 aromatic carbocycles. The van der Waals surface area contributed by atoms with Crippen LogP contribution >= 0.6 is 11.6 Å². The van der Waals surface area contributed by atoms with Gasteiger partial charge >= 0.3 is 0 Å². The number of halogens is 1. The number of rotatable bonds is 16. The average molecular weight is 695 g/mol. The molecule has 0 aliphatic heterocycles. The lowest BCUT2D eigenvalue weighted by atomic mass is 9.83. The summed E-state index contributed by atoms with van der Waals surface area (Å²) in [6.07, 6.45) is -4.90. The fraction of sp³-hybridized carbons (Fsp3) is 0.286. The third-order valence-electron chi connectivity index (χ3n) is 8.78. The highest BCUT2D eigenvalue weighted by atomic mass is 35.5. The molecule has 6 rings (SSSR count). The third kappa shape index (κ3) is 9.80. The Morgan fingerprint density at radius 1 is 0.420 bits per heavy atom. The summed E-state index contributed by atoms with van der Waals surface area (Å²) in [6.45, 7) is 1.31. The molecule has 1 aliphatic carbocycles. The first-order chi connectivity index (χ1) is 24.6. The maximum atomic E-state index is 12.2. The van der Waals surface area contributed by atoms with E-state index < -0.39 is 36.6 Å². The minimum atomic E-state index is -1.12. The van der Waals surface area contributed by atoms with E-state index in [1.807, 2.05) is 140 Å². The van der Waals surface area contributed by atoms with E-state index in [1.54, 1.807) is 7.11 Å². The van der Waals surface area contributed by atoms with Gasteiger partial charge in [0.25, 0.3) is 0 Å². The lowest BCUT2D eigenvalue weighted by molar-refractivity contribution is -0.283. The molecule has 0 unspecified atom stereocenters. The summed E-state index contributed by atoms with van der Waals surface area (Å²) in [4.78, 5) is 0. The van der Waals surface area contributed by atoms with Crippen molar-refractivity contribution in [2.75, 3.05) is 7.11 Å². The number of benzene rings is 5. The molecular formula is C42H43ClO7. The maximum absolute atomic E-state index is 12.2. The minimum Gasteiger partial charge on any atom is -0.497 e. The number of ether oxygens (including phenoxy) is 6. The molecule has 0 saturated heterocycles. The molecule has 1 aliphatic rings. The topological polar surface area (TPSA) is 75.6 Å². The Hall–Kier alpha value is -4.05. The first kappa shape index (κ1) is 35.8. The Kier molecular flexibility index (Phi) is 13.1. The van der Waals surface area contributed by atoms with E-state index in [2.05, 4.69) is 0 Å². The highest BCUT2D eigenvalue weighted by Gasteiger charge is 2.54. The van der Waals surface area contributed by atoms with Crippen molar-refractivity contribution < 1.29 is 33.5 Å². The largest absolute Gasteiger partial charge is 0.497 e. The van der Waals surface area contributed by atoms with E-state index in [1.165, 1.54) is 0 Å². The van der Waals surface area contributed by atoms with Gasteiger partial charge in [-0.15, -0.1) is 0 Å². The molecule has 1 fully saturated rings. The smallest absolute Gasteiger partial charge is 0.118 e. The Morgan fingerprint density at radius 2 is 0.720 bits per heavy atom. The molecule has 0 aromatic heterocycles. The molecule has 1 saturated carbocycles. The highest BCUT2D eigenvalue weighted by molar-refractivity contribution is 6.30. The Labute approximate surface area is 299 Å². The summed E-state index contributed by atoms with van der Waals surface area (Å²) in [5.74, 6) is 0.754. The molecule has 50 heavy (non-hydrogen) atoms. The van der Waals surface area contributed by atoms with Gasteiger partial charge in [-0.1, -0.05) is 127 Å². The van der Waals surface area contributed by atoms with Crippen molar-refractivity contribution in [3.8, 4) is 5.75 Å². The van der Waals surface area contributed by atoms with Crippen molar-refractivity contribution in [1.29, 1.82) is 0 Å². The quantitative estimate of drug-likeness (QED) is 0.112. The van der Waals surface area contributed by atoms with E-state index in [4.69, 9.17) is 40.0 Å². The Bertz CT molecular complexity index is 1690. The predicted molar refractivity (Wildman–Crippen MR) is 193 cm³/mol. The van der Waals surface area contributed by atoms with Crippen LogP contribution in [-0.2, 0) is 56.7 Å². The van der Waals surface area contributed by atoms with Crippen LogP contribution in [0.1, 0.15) is 27.8 Å². The summed E-state index contributed by atoms with van der Waals surface area (Å²) in [5.41, 5.74) is 4.79. The molecule has 0 spiro atoms. The number of aliphatic hydroxyl groups is 1. The number of methoxy groups -OCH3 is 1. The van der Waals surface area contributed by atoms with Crippen molar-refractivity contribution in [1.82, 2.24) is 0 Å². The molecule has 1 N–H and O–H groups in total. The van der Waals surface area contributed by atoms with E-state index in [9.17, 15) is 5.11 Å². The summed E-state index contributed by atoms with van der Waals surface area (Å²) in [7, 11) is 1.64. The summed E-state index contributed by atoms with van der Waals surface area (Å²) >= 11 is 6.18. The van der Waals surface area contributed by atoms with Crippen molar-refractivity contribution in [3.05, 3.63) is 172 Å². The van der Waals surface area contributed by atoms with Crippen LogP contribution < -0.4 is 4.74 Å². The first-order valence-electron chi connectivity index (χ1n) is 16.8. The molecule has 7 nitrogen and oxygen atoms in total. The fourth-order valence-electron chi connectivity index (χ4n) is 6.08. The van der Waals surface area contributed by atoms with Gasteiger partial charge in [0.15, 0.2) is 0 Å². The molecular weight excluding hydrogens is 652 g/mol. The minimum absolute atomic E-state index is 0.242. The van der Waals surface area contributed by atoms with Crippen molar-refractivity contribution in [3.63, 3.8) is 0 Å². The molecule has 5 aromatic rings. The van der Waals surface area contributed by atoms with Crippen LogP contribution in [0.3, 0.4) is 0 Å². The molecule has 6 atom stereocenters. The second kappa shape index (κ2) is 18.3. The van der Waals surface area contributed by atoms with E-state index in [-0.39, 0.29) is 26.4 Å². The van der Waals surface area contributed by atoms with Gasteiger partial charge in [-0.05, 0) is 52.1 Å². The van der Waals surface area contributed by atoms with Crippen LogP contribution in [0.5, 0.6) is 5.75 Å². The lowest BCUT2D eigenvalue weighted by Gasteiger charge is -2.48. The van der Waals surface area contributed by atoms with E-state index in [0.29, 0.717) is 11.6 Å². The van der Waals surface area contributed by atoms with Crippen molar-refractivity contribution in [2.45, 2.75) is 69.7 Å². The van der Waals surface area contributed by atoms with Crippen molar-refractivity contribution in [2.24, 2.45) is 0 Å². The Morgan fingerprint density at radius 3 is 1.08 bits per heavy atom. The van der Waals surface area contributed by atoms with Crippen LogP contribution in [0.4, 0.5) is 0 Å². The van der Waals surface area contributed by atoms with Crippen LogP contribution in [0, 0.1) is 0 Å². The summed E-state index contributed by atoms with van der Waals surface area (Å²) < 4.78 is 38.7. The van der Waals surface area contributed by atoms with Gasteiger partial charge in [0.2, 0.25) is 0 Å². The molecule has 260 valence electrons. The normalized spacial score (nSPS) is 21.9. The lowest BCUT2D eigenvalue weighted by Crippen LogP contribution is -2.66. The number of hydrogen-bond acceptors (Lipinski definition) is 7. The van der Waals surface area contributed by atoms with E-state index >= 15 is 0 Å². The van der Waals surface area contributed by atoms with Gasteiger partial charge in [-0.25, -0.2) is 0 Å². The maximum Gasteiger partial charge on any atom is 0.118 e. The second-order valence-electron chi connectivity index (χ2n) is 12.3. The summed E-state index contributed by atoms with van der Waals surface area (Å²) in [6, 6.07) is 44.9. The monoisotopic (exact) mass is 694 g/mol. The van der Waals surface area contributed by atoms with Crippen LogP contribution in [0.2, 0.25) is 5.02 Å². The molecule has 0 radical (unpaired) electrons. The summed E-state index contributed by atoms with van der Waals surface area (Å²) in [5, 5.41) is 12.9.